The summed E-state index contributed by atoms with van der Waals surface area (Å²) in [5, 5.41) is 16.8. The topological polar surface area (TPSA) is 264 Å². The second kappa shape index (κ2) is 40.1. The minimum absolute atomic E-state index is 0.0470. The predicted molar refractivity (Wildman–Crippen MR) is 510 cm³/mol. The van der Waals surface area contributed by atoms with Crippen molar-refractivity contribution in [3.8, 4) is 78.9 Å². The maximum atomic E-state index is 14.0. The Kier molecular flexibility index (Phi) is 27.1. The lowest BCUT2D eigenvalue weighted by atomic mass is 10.1. The van der Waals surface area contributed by atoms with E-state index < -0.39 is 23.3 Å². The van der Waals surface area contributed by atoms with E-state index in [0.29, 0.717) is 62.8 Å². The van der Waals surface area contributed by atoms with Crippen molar-refractivity contribution in [1.82, 2.24) is 67.9 Å². The van der Waals surface area contributed by atoms with Gasteiger partial charge < -0.3 is 74.4 Å². The molecule has 132 heavy (non-hydrogen) atoms. The molecule has 16 aromatic rings. The lowest BCUT2D eigenvalue weighted by molar-refractivity contribution is 0.355. The van der Waals surface area contributed by atoms with Crippen LogP contribution in [0.3, 0.4) is 0 Å². The van der Waals surface area contributed by atoms with Crippen LogP contribution in [0.25, 0.3) is 89.4 Å². The van der Waals surface area contributed by atoms with Gasteiger partial charge in [0.2, 0.25) is 0 Å². The van der Waals surface area contributed by atoms with E-state index in [1.165, 1.54) is 42.9 Å². The Balaban J connectivity index is 0.000000115. The number of ether oxygens (including phenoxy) is 4. The molecule has 0 amide bonds. The number of anilines is 5. The molecule has 678 valence electrons. The number of rotatable bonds is 14. The van der Waals surface area contributed by atoms with Gasteiger partial charge in [-0.2, -0.15) is 0 Å². The zero-order valence-corrected chi connectivity index (χ0v) is 73.9. The molecule has 5 fully saturated rings. The summed E-state index contributed by atoms with van der Waals surface area (Å²) < 4.78 is 85.5. The van der Waals surface area contributed by atoms with Gasteiger partial charge in [0, 0.05) is 244 Å². The van der Waals surface area contributed by atoms with Crippen LogP contribution in [0, 0.1) is 23.3 Å². The van der Waals surface area contributed by atoms with E-state index in [1.807, 2.05) is 139 Å². The van der Waals surface area contributed by atoms with Gasteiger partial charge >= 0.3 is 0 Å². The first-order chi connectivity index (χ1) is 64.2. The second-order valence-corrected chi connectivity index (χ2v) is 32.8. The van der Waals surface area contributed by atoms with Crippen molar-refractivity contribution in [3.05, 3.63) is 319 Å². The van der Waals surface area contributed by atoms with E-state index in [-0.39, 0.29) is 50.6 Å². The average Bonchev–Trinajstić information content (AvgIpc) is 0.994. The molecule has 0 saturated carbocycles. The monoisotopic (exact) mass is 1790 g/mol. The zero-order chi connectivity index (χ0) is 91.6. The van der Waals surface area contributed by atoms with Crippen molar-refractivity contribution in [2.24, 2.45) is 0 Å². The smallest absolute Gasteiger partial charge is 0.258 e. The number of pyridine rings is 9. The Hall–Kier alpha value is -14.7. The maximum Gasteiger partial charge on any atom is 0.258 e. The minimum Gasteiger partial charge on any atom is -0.494 e. The Bertz CT molecular complexity index is 7230. The molecular formula is C100H101F4N19O9. The first kappa shape index (κ1) is 89.3. The van der Waals surface area contributed by atoms with Gasteiger partial charge in [-0.15, -0.1) is 0 Å². The SMILES string of the molecule is COc1ccc(-c2cc(=O)n3cc(N4CCNCC4)ccc3c2)cc1F.COc1ccc(-c2cc(=O)n3cc(N4CCNCC4)ccc3c2)cc1OC.COc1ccc(-c2cc(=O)n3cc(N4CCN[C@@H](C)C4)ccc3c2)cc1F.C[C@H]1CN(c2ccc3nc(-c4cc(F)cc(F)c4)cc(=O)n3c2)CCN1.O=c1cc(-c2ccn3ccnc3c2)nc2ccc(N3CCNCC3)cn12. The van der Waals surface area contributed by atoms with E-state index >= 15 is 0 Å². The number of fused-ring (bicyclic) bond motifs is 6. The van der Waals surface area contributed by atoms with Crippen molar-refractivity contribution in [2.45, 2.75) is 25.9 Å². The summed E-state index contributed by atoms with van der Waals surface area (Å²) in [6, 6.07) is 55.9. The highest BCUT2D eigenvalue weighted by molar-refractivity contribution is 5.75. The summed E-state index contributed by atoms with van der Waals surface area (Å²) in [6.07, 6.45) is 14.9. The molecule has 17 heterocycles. The van der Waals surface area contributed by atoms with Gasteiger partial charge in [0.05, 0.1) is 68.3 Å². The average molecular weight is 1790 g/mol. The van der Waals surface area contributed by atoms with Crippen LogP contribution in [-0.4, -0.2) is 200 Å². The summed E-state index contributed by atoms with van der Waals surface area (Å²) in [4.78, 5) is 88.0. The number of aromatic nitrogens is 9. The van der Waals surface area contributed by atoms with Gasteiger partial charge in [-0.05, 0) is 187 Å². The predicted octanol–water partition coefficient (Wildman–Crippen LogP) is 11.7. The lowest BCUT2D eigenvalue weighted by Gasteiger charge is -2.33. The number of benzene rings is 4. The van der Waals surface area contributed by atoms with Gasteiger partial charge in [0.1, 0.15) is 28.6 Å². The number of imidazole rings is 1. The quantitative estimate of drug-likeness (QED) is 0.0634. The fraction of sp³-hybridized carbons (Fsp3) is 0.260. The van der Waals surface area contributed by atoms with Crippen LogP contribution in [-0.2, 0) is 0 Å². The van der Waals surface area contributed by atoms with Crippen LogP contribution >= 0.6 is 0 Å². The number of methoxy groups -OCH3 is 4. The molecule has 21 rings (SSSR count). The van der Waals surface area contributed by atoms with Crippen molar-refractivity contribution >= 4 is 61.9 Å². The molecule has 28 nitrogen and oxygen atoms in total. The zero-order valence-electron chi connectivity index (χ0n) is 73.9. The summed E-state index contributed by atoms with van der Waals surface area (Å²) in [7, 11) is 6.07. The highest BCUT2D eigenvalue weighted by atomic mass is 19.1. The fourth-order valence-electron chi connectivity index (χ4n) is 17.1. The van der Waals surface area contributed by atoms with Crippen LogP contribution in [0.5, 0.6) is 23.0 Å². The highest BCUT2D eigenvalue weighted by Crippen LogP contribution is 2.35. The third-order valence-electron chi connectivity index (χ3n) is 24.1. The summed E-state index contributed by atoms with van der Waals surface area (Å²) in [5.41, 5.74) is 15.3. The molecule has 4 aromatic carbocycles. The molecule has 5 aliphatic rings. The molecule has 5 N–H and O–H groups in total. The van der Waals surface area contributed by atoms with Gasteiger partial charge in [-0.25, -0.2) is 32.5 Å². The molecule has 2 atom stereocenters. The maximum absolute atomic E-state index is 14.0. The minimum atomic E-state index is -0.704. The Morgan fingerprint density at radius 2 is 0.674 bits per heavy atom. The number of nitrogens with one attached hydrogen (secondary N) is 5. The fourth-order valence-corrected chi connectivity index (χ4v) is 17.1. The largest absolute Gasteiger partial charge is 0.494 e. The first-order valence-electron chi connectivity index (χ1n) is 43.9. The molecule has 0 aliphatic carbocycles. The first-order valence-corrected chi connectivity index (χ1v) is 43.9. The highest BCUT2D eigenvalue weighted by Gasteiger charge is 2.23. The molecular weight excluding hydrogens is 1690 g/mol. The lowest BCUT2D eigenvalue weighted by Crippen LogP contribution is -2.49. The van der Waals surface area contributed by atoms with Crippen molar-refractivity contribution < 1.29 is 36.5 Å². The van der Waals surface area contributed by atoms with E-state index in [2.05, 4.69) is 85.9 Å². The Morgan fingerprint density at radius 1 is 0.311 bits per heavy atom. The van der Waals surface area contributed by atoms with Crippen molar-refractivity contribution in [1.29, 1.82) is 0 Å². The molecule has 5 saturated heterocycles. The van der Waals surface area contributed by atoms with Crippen LogP contribution in [0.15, 0.2) is 268 Å². The Morgan fingerprint density at radius 3 is 1.08 bits per heavy atom. The van der Waals surface area contributed by atoms with Gasteiger partial charge in [-0.1, -0.05) is 18.2 Å². The Labute approximate surface area is 756 Å². The summed E-state index contributed by atoms with van der Waals surface area (Å²) in [5.74, 6) is -0.616. The van der Waals surface area contributed by atoms with Crippen molar-refractivity contribution in [3.63, 3.8) is 0 Å². The van der Waals surface area contributed by atoms with Gasteiger partial charge in [-0.3, -0.25) is 46.0 Å². The number of hydrogen-bond acceptors (Lipinski definition) is 22. The van der Waals surface area contributed by atoms with E-state index in [4.69, 9.17) is 18.9 Å². The molecule has 5 aliphatic heterocycles. The molecule has 0 bridgehead atoms. The normalized spacial score (nSPS) is 15.8. The molecule has 0 spiro atoms. The molecule has 0 unspecified atom stereocenters. The van der Waals surface area contributed by atoms with Crippen LogP contribution in [0.1, 0.15) is 13.8 Å². The van der Waals surface area contributed by atoms with Gasteiger partial charge in [0.25, 0.3) is 27.8 Å². The van der Waals surface area contributed by atoms with Crippen LogP contribution in [0.4, 0.5) is 46.0 Å². The van der Waals surface area contributed by atoms with Crippen LogP contribution in [0.2, 0.25) is 0 Å². The molecule has 12 aromatic heterocycles. The number of hydrogen-bond donors (Lipinski definition) is 5. The third kappa shape index (κ3) is 20.3. The standard InChI is InChI=1S/C21H22FN3O2.C21H23N3O3.C20H20FN3O2.C19H18F2N4O.C19H18N6O/c1-14-12-24(8-7-23-14)18-5-4-17-9-16(11-21(26)25(17)13-18)15-3-6-20(27-2)19(22)10-15;1-26-19-6-3-15(12-20(19)27-2)16-11-17-4-5-18(14-24(17)21(25)13-16)23-9-7-22-8-10-23;1-26-19-5-2-14(11-18(19)21)15-10-16-3-4-17(13-24(16)20(25)12-15)23-8-6-22-7-9-23;1-12-10-24(5-4-22-12)16-2-3-18-23-17(9-19(26)25(18)11-16)13-6-14(20)8-15(21)7-13;26-19-12-16(14-3-7-24-10-6-21-18(24)11-14)22-17-2-1-15(13-25(17)19)23-8-4-20-5-9-23/h3-6,9-11,13-14,23H,7-8,12H2,1-2H3;3-6,11-14,22H,7-10H2,1-2H3;2-5,10-13,22H,6-9H2,1H3;2-3,6-9,11-12,22H,4-5,10H2,1H3;1-3,6-7,10-13,20H,4-5,8-9H2/t14-;;;12-;/m0..0./s1. The third-order valence-corrected chi connectivity index (χ3v) is 24.1. The number of piperazine rings is 5. The molecule has 0 radical (unpaired) electrons. The number of halogens is 4. The summed E-state index contributed by atoms with van der Waals surface area (Å²) in [6.45, 7) is 21.0. The second-order valence-electron chi connectivity index (χ2n) is 32.8. The van der Waals surface area contributed by atoms with E-state index in [1.54, 1.807) is 92.7 Å². The van der Waals surface area contributed by atoms with E-state index in [9.17, 15) is 41.5 Å². The van der Waals surface area contributed by atoms with Gasteiger partial charge in [0.15, 0.2) is 34.6 Å². The van der Waals surface area contributed by atoms with Crippen molar-refractivity contribution in [2.75, 3.05) is 171 Å². The van der Waals surface area contributed by atoms with Crippen LogP contribution < -0.4 is 97.8 Å². The molecule has 32 heteroatoms. The van der Waals surface area contributed by atoms with E-state index in [0.717, 1.165) is 203 Å². The summed E-state index contributed by atoms with van der Waals surface area (Å²) >= 11 is 0. The number of nitrogens with zero attached hydrogens (tertiary/aromatic N) is 14.